The van der Waals surface area contributed by atoms with Gasteiger partial charge in [0.05, 0.1) is 0 Å². The predicted molar refractivity (Wildman–Crippen MR) is 139 cm³/mol. The summed E-state index contributed by atoms with van der Waals surface area (Å²) in [5, 5.41) is 0. The van der Waals surface area contributed by atoms with Gasteiger partial charge in [-0.25, -0.2) is 0 Å². The second-order valence-corrected chi connectivity index (χ2v) is 22.7. The minimum absolute atomic E-state index is 0.493. The van der Waals surface area contributed by atoms with Crippen LogP contribution in [0.3, 0.4) is 0 Å². The van der Waals surface area contributed by atoms with Gasteiger partial charge in [-0.3, -0.25) is 0 Å². The van der Waals surface area contributed by atoms with Crippen molar-refractivity contribution >= 4 is 22.1 Å². The van der Waals surface area contributed by atoms with Gasteiger partial charge < -0.3 is 0 Å². The number of unbranched alkanes of at least 4 members (excludes halogenated alkanes) is 3. The van der Waals surface area contributed by atoms with Gasteiger partial charge in [-0.1, -0.05) is 0 Å². The Bertz CT molecular complexity index is 1060. The Morgan fingerprint density at radius 1 is 0.857 bits per heavy atom. The molecule has 0 aliphatic heterocycles. The number of halogens is 3. The molecule has 3 rings (SSSR count). The quantitative estimate of drug-likeness (QED) is 0.217. The van der Waals surface area contributed by atoms with Gasteiger partial charge in [-0.15, -0.1) is 0 Å². The predicted octanol–water partition coefficient (Wildman–Crippen LogP) is 7.92. The van der Waals surface area contributed by atoms with Gasteiger partial charge in [-0.05, 0) is 0 Å². The molecule has 0 bridgehead atoms. The SMILES string of the molecule is CCC[CH2][Sn]([CH2]CCC)([CH2]CCC)[c]1cnc(-c2nc(C)cc(-c3ccc(C(F)(F)F)cc3)n2)[nH]1. The number of imidazole rings is 1. The molecule has 0 saturated carbocycles. The number of aromatic amines is 1. The van der Waals surface area contributed by atoms with Gasteiger partial charge in [-0.2, -0.15) is 0 Å². The van der Waals surface area contributed by atoms with Crippen LogP contribution < -0.4 is 3.71 Å². The maximum absolute atomic E-state index is 13.0. The van der Waals surface area contributed by atoms with E-state index in [4.69, 9.17) is 4.98 Å². The zero-order valence-electron chi connectivity index (χ0n) is 21.3. The van der Waals surface area contributed by atoms with Crippen LogP contribution in [0.4, 0.5) is 13.2 Å². The van der Waals surface area contributed by atoms with Crippen molar-refractivity contribution in [3.63, 3.8) is 0 Å². The Labute approximate surface area is 211 Å². The number of benzene rings is 1. The van der Waals surface area contributed by atoms with E-state index in [1.165, 1.54) is 67.7 Å². The zero-order valence-corrected chi connectivity index (χ0v) is 24.2. The Kier molecular flexibility index (Phi) is 9.78. The molecule has 8 heteroatoms. The monoisotopic (exact) mass is 594 g/mol. The Balaban J connectivity index is 1.97. The van der Waals surface area contributed by atoms with Crippen molar-refractivity contribution < 1.29 is 13.2 Å². The number of aromatic nitrogens is 4. The molecule has 35 heavy (non-hydrogen) atoms. The van der Waals surface area contributed by atoms with E-state index >= 15 is 0 Å². The van der Waals surface area contributed by atoms with Crippen molar-refractivity contribution in [3.8, 4) is 22.9 Å². The molecule has 4 nitrogen and oxygen atoms in total. The first-order valence-electron chi connectivity index (χ1n) is 12.8. The van der Waals surface area contributed by atoms with Gasteiger partial charge in [0.15, 0.2) is 0 Å². The summed E-state index contributed by atoms with van der Waals surface area (Å²) < 4.78 is 44.3. The molecule has 2 heterocycles. The average molecular weight is 593 g/mol. The van der Waals surface area contributed by atoms with Crippen LogP contribution in [-0.2, 0) is 6.18 Å². The molecule has 0 aliphatic rings. The summed E-state index contributed by atoms with van der Waals surface area (Å²) in [5.41, 5.74) is 1.30. The first-order valence-corrected chi connectivity index (χ1v) is 20.3. The second-order valence-electron chi connectivity index (χ2n) is 9.53. The second kappa shape index (κ2) is 12.4. The third kappa shape index (κ3) is 7.08. The Morgan fingerprint density at radius 3 is 1.94 bits per heavy atom. The number of alkyl halides is 3. The first-order chi connectivity index (χ1) is 16.7. The fourth-order valence-corrected chi connectivity index (χ4v) is 20.0. The number of H-pyrrole nitrogens is 1. The normalized spacial score (nSPS) is 12.3. The van der Waals surface area contributed by atoms with Crippen LogP contribution in [0.25, 0.3) is 22.9 Å². The van der Waals surface area contributed by atoms with E-state index in [1.807, 2.05) is 13.1 Å². The van der Waals surface area contributed by atoms with Crippen LogP contribution in [0.2, 0.25) is 13.3 Å². The molecule has 0 radical (unpaired) electrons. The molecular formula is C27H37F3N4Sn. The topological polar surface area (TPSA) is 54.5 Å². The van der Waals surface area contributed by atoms with E-state index < -0.39 is 30.1 Å². The number of hydrogen-bond acceptors (Lipinski definition) is 3. The zero-order chi connectivity index (χ0) is 25.5. The molecule has 0 atom stereocenters. The van der Waals surface area contributed by atoms with E-state index in [9.17, 15) is 13.2 Å². The van der Waals surface area contributed by atoms with Crippen LogP contribution in [0.5, 0.6) is 0 Å². The van der Waals surface area contributed by atoms with Crippen molar-refractivity contribution in [2.45, 2.75) is 85.7 Å². The van der Waals surface area contributed by atoms with E-state index in [1.54, 1.807) is 6.07 Å². The first kappa shape index (κ1) is 27.7. The minimum atomic E-state index is -4.36. The summed E-state index contributed by atoms with van der Waals surface area (Å²) in [6.07, 6.45) is 5.07. The van der Waals surface area contributed by atoms with Crippen molar-refractivity contribution in [1.82, 2.24) is 19.9 Å². The summed E-state index contributed by atoms with van der Waals surface area (Å²) >= 11 is -2.67. The number of aryl methyl sites for hydroxylation is 1. The molecular weight excluding hydrogens is 556 g/mol. The van der Waals surface area contributed by atoms with Gasteiger partial charge in [0.25, 0.3) is 0 Å². The molecule has 0 amide bonds. The Morgan fingerprint density at radius 2 is 1.43 bits per heavy atom. The van der Waals surface area contributed by atoms with Crippen molar-refractivity contribution in [2.75, 3.05) is 0 Å². The van der Waals surface area contributed by atoms with E-state index in [2.05, 4.69) is 35.7 Å². The summed E-state index contributed by atoms with van der Waals surface area (Å²) in [7, 11) is 0. The number of nitrogens with zero attached hydrogens (tertiary/aromatic N) is 3. The van der Waals surface area contributed by atoms with E-state index in [0.29, 0.717) is 22.9 Å². The van der Waals surface area contributed by atoms with Crippen molar-refractivity contribution in [3.05, 3.63) is 47.8 Å². The Hall–Kier alpha value is -1.90. The molecule has 0 unspecified atom stereocenters. The summed E-state index contributed by atoms with van der Waals surface area (Å²) in [4.78, 5) is 17.7. The number of nitrogens with one attached hydrogen (secondary N) is 1. The standard InChI is InChI=1S/C15H10F3N4.3C4H9.Sn/c1-9-8-12(22-14(21-9)13-19-6-7-20-13)10-2-4-11(5-3-10)15(16,17)18;3*1-3-4-2;/h2-6,8H,1H3,(H,19,20);3*1,3-4H2,2H3;. The molecule has 2 aromatic heterocycles. The van der Waals surface area contributed by atoms with Crippen LogP contribution in [0.1, 0.15) is 70.6 Å². The fourth-order valence-electron chi connectivity index (χ4n) is 4.68. The summed E-state index contributed by atoms with van der Waals surface area (Å²) in [6.45, 7) is 8.66. The molecule has 0 fully saturated rings. The third-order valence-electron chi connectivity index (χ3n) is 6.75. The molecule has 1 N–H and O–H groups in total. The van der Waals surface area contributed by atoms with E-state index in [-0.39, 0.29) is 0 Å². The van der Waals surface area contributed by atoms with Gasteiger partial charge in [0.2, 0.25) is 0 Å². The molecule has 3 aromatic rings. The maximum atomic E-state index is 13.0. The molecule has 1 aromatic carbocycles. The number of rotatable bonds is 12. The number of hydrogen-bond donors (Lipinski definition) is 1. The molecule has 0 aliphatic carbocycles. The summed E-state index contributed by atoms with van der Waals surface area (Å²) in [5.74, 6) is 1.15. The molecule has 0 spiro atoms. The van der Waals surface area contributed by atoms with Crippen LogP contribution >= 0.6 is 0 Å². The summed E-state index contributed by atoms with van der Waals surface area (Å²) in [6, 6.07) is 6.90. The van der Waals surface area contributed by atoms with Crippen molar-refractivity contribution in [2.24, 2.45) is 0 Å². The van der Waals surface area contributed by atoms with Crippen molar-refractivity contribution in [1.29, 1.82) is 0 Å². The average Bonchev–Trinajstić information content (AvgIpc) is 3.34. The van der Waals surface area contributed by atoms with Gasteiger partial charge in [0.1, 0.15) is 0 Å². The third-order valence-corrected chi connectivity index (χ3v) is 22.0. The molecule has 0 saturated heterocycles. The van der Waals surface area contributed by atoms with Gasteiger partial charge in [0, 0.05) is 0 Å². The van der Waals surface area contributed by atoms with Gasteiger partial charge >= 0.3 is 212 Å². The fraction of sp³-hybridized carbons (Fsp3) is 0.519. The van der Waals surface area contributed by atoms with Crippen LogP contribution in [0, 0.1) is 6.92 Å². The van der Waals surface area contributed by atoms with Crippen LogP contribution in [0.15, 0.2) is 36.5 Å². The van der Waals surface area contributed by atoms with E-state index in [0.717, 1.165) is 17.8 Å². The van der Waals surface area contributed by atoms with Crippen LogP contribution in [-0.4, -0.2) is 38.3 Å². The molecule has 190 valence electrons.